The number of ether oxygens (including phenoxy) is 1. The monoisotopic (exact) mass is 720 g/mol. The second-order valence-corrected chi connectivity index (χ2v) is 10.3. The van der Waals surface area contributed by atoms with E-state index in [2.05, 4.69) is 56.2 Å². The smallest absolute Gasteiger partial charge is 0.238 e. The first-order valence-electron chi connectivity index (χ1n) is 10.6. The molecule has 0 aliphatic heterocycles. The van der Waals surface area contributed by atoms with Gasteiger partial charge < -0.3 is 18.0 Å². The van der Waals surface area contributed by atoms with Gasteiger partial charge in [0.2, 0.25) is 5.88 Å². The van der Waals surface area contributed by atoms with E-state index >= 15 is 0 Å². The number of hydrogen-bond acceptors (Lipinski definition) is 6. The van der Waals surface area contributed by atoms with E-state index in [9.17, 15) is 5.26 Å². The van der Waals surface area contributed by atoms with Crippen molar-refractivity contribution < 1.29 is 18.0 Å². The van der Waals surface area contributed by atoms with Gasteiger partial charge in [-0.05, 0) is 105 Å². The lowest BCUT2D eigenvalue weighted by Gasteiger charge is -2.11. The molecule has 0 atom stereocenters. The lowest BCUT2D eigenvalue weighted by Crippen LogP contribution is -2.00. The molecule has 0 N–H and O–H groups in total. The summed E-state index contributed by atoms with van der Waals surface area (Å²) in [6.07, 6.45) is 4.74. The summed E-state index contributed by atoms with van der Waals surface area (Å²) in [6, 6.07) is 20.7. The van der Waals surface area contributed by atoms with Crippen LogP contribution in [0, 0.1) is 18.5 Å². The van der Waals surface area contributed by atoms with Crippen LogP contribution in [-0.2, 0) is 6.61 Å². The largest absolute Gasteiger partial charge is 0.487 e. The summed E-state index contributed by atoms with van der Waals surface area (Å²) < 4.78 is 25.0. The summed E-state index contributed by atoms with van der Waals surface area (Å²) in [7, 11) is 0. The first-order chi connectivity index (χ1) is 17.5. The number of benzene rings is 2. The van der Waals surface area contributed by atoms with Gasteiger partial charge in [-0.3, -0.25) is 0 Å². The molecule has 0 aliphatic carbocycles. The fraction of sp³-hybridized carbons (Fsp3) is 0.0370. The predicted octanol–water partition coefficient (Wildman–Crippen LogP) is 8.86. The van der Waals surface area contributed by atoms with Gasteiger partial charge >= 0.3 is 0 Å². The zero-order valence-corrected chi connectivity index (χ0v) is 23.4. The highest BCUT2D eigenvalue weighted by atomic mass is 127. The van der Waals surface area contributed by atoms with Crippen LogP contribution in [0.15, 0.2) is 91.4 Å². The van der Waals surface area contributed by atoms with E-state index in [-0.39, 0.29) is 11.4 Å². The molecule has 36 heavy (non-hydrogen) atoms. The Hall–Kier alpha value is -3.01. The molecule has 2 aromatic carbocycles. The van der Waals surface area contributed by atoms with Crippen molar-refractivity contribution in [2.24, 2.45) is 4.99 Å². The van der Waals surface area contributed by atoms with Crippen molar-refractivity contribution in [1.29, 1.82) is 5.26 Å². The topological polar surface area (TPSA) is 84.8 Å². The molecule has 9 heteroatoms. The van der Waals surface area contributed by atoms with Gasteiger partial charge in [0, 0.05) is 11.2 Å². The number of nitrogens with zero attached hydrogens (tertiary/aromatic N) is 2. The van der Waals surface area contributed by atoms with E-state index < -0.39 is 0 Å². The Balaban J connectivity index is 1.44. The summed E-state index contributed by atoms with van der Waals surface area (Å²) in [5, 5.41) is 10.6. The van der Waals surface area contributed by atoms with Crippen molar-refractivity contribution in [3.63, 3.8) is 0 Å². The van der Waals surface area contributed by atoms with Crippen LogP contribution in [0.1, 0.15) is 16.7 Å². The molecule has 5 aromatic rings. The van der Waals surface area contributed by atoms with E-state index in [1.807, 2.05) is 36.4 Å². The molecular weight excluding hydrogens is 706 g/mol. The van der Waals surface area contributed by atoms with E-state index in [4.69, 9.17) is 29.6 Å². The molecule has 178 valence electrons. The number of hydrogen-bond donors (Lipinski definition) is 0. The number of nitriles is 1. The first-order valence-corrected chi connectivity index (χ1v) is 13.1. The zero-order chi connectivity index (χ0) is 25.1. The van der Waals surface area contributed by atoms with Crippen molar-refractivity contribution in [2.75, 3.05) is 0 Å². The van der Waals surface area contributed by atoms with E-state index in [1.54, 1.807) is 43.0 Å². The van der Waals surface area contributed by atoms with Gasteiger partial charge in [-0.15, -0.1) is 0 Å². The molecule has 0 saturated carbocycles. The summed E-state index contributed by atoms with van der Waals surface area (Å²) >= 11 is 10.4. The molecule has 5 rings (SSSR count). The summed E-state index contributed by atoms with van der Waals surface area (Å²) in [5.74, 6) is 2.32. The lowest BCUT2D eigenvalue weighted by atomic mass is 10.1. The minimum Gasteiger partial charge on any atom is -0.487 e. The van der Waals surface area contributed by atoms with Crippen LogP contribution in [0.5, 0.6) is 5.75 Å². The van der Waals surface area contributed by atoms with Crippen LogP contribution in [0.3, 0.4) is 0 Å². The van der Waals surface area contributed by atoms with Crippen LogP contribution < -0.4 is 4.74 Å². The molecule has 6 nitrogen and oxygen atoms in total. The van der Waals surface area contributed by atoms with Gasteiger partial charge in [-0.1, -0.05) is 23.7 Å². The Bertz CT molecular complexity index is 1540. The second-order valence-electron chi connectivity index (χ2n) is 7.54. The van der Waals surface area contributed by atoms with Gasteiger partial charge in [0.25, 0.3) is 0 Å². The van der Waals surface area contributed by atoms with Crippen molar-refractivity contribution in [2.45, 2.75) is 6.61 Å². The quantitative estimate of drug-likeness (QED) is 0.124. The molecule has 0 amide bonds. The summed E-state index contributed by atoms with van der Waals surface area (Å²) in [6.45, 7) is 0.430. The summed E-state index contributed by atoms with van der Waals surface area (Å²) in [4.78, 5) is 4.50. The van der Waals surface area contributed by atoms with Gasteiger partial charge in [0.15, 0.2) is 11.5 Å². The molecule has 0 spiro atoms. The average Bonchev–Trinajstić information content (AvgIpc) is 3.64. The Morgan fingerprint density at radius 1 is 0.972 bits per heavy atom. The Morgan fingerprint density at radius 3 is 2.25 bits per heavy atom. The van der Waals surface area contributed by atoms with E-state index in [1.165, 1.54) is 0 Å². The standard InChI is InChI=1S/C27H15ClI2N2O4/c28-18-7-5-16(6-8-18)15-35-25-20(29)11-17(12-21(25)30)14-32-27-19(13-31)24(22-3-1-9-33-22)26(36-27)23-4-2-10-34-23/h1-12,14H,15H2. The molecular formula is C27H15ClI2N2O4. The van der Waals surface area contributed by atoms with Crippen molar-refractivity contribution in [3.05, 3.63) is 102 Å². The van der Waals surface area contributed by atoms with E-state index in [0.717, 1.165) is 24.0 Å². The predicted molar refractivity (Wildman–Crippen MR) is 154 cm³/mol. The third-order valence-corrected chi connectivity index (χ3v) is 7.02. The maximum atomic E-state index is 9.92. The van der Waals surface area contributed by atoms with Crippen molar-refractivity contribution >= 4 is 68.9 Å². The minimum atomic E-state index is 0.170. The molecule has 0 unspecified atom stereocenters. The molecule has 3 heterocycles. The van der Waals surface area contributed by atoms with Crippen LogP contribution in [0.2, 0.25) is 5.02 Å². The number of furan rings is 3. The van der Waals surface area contributed by atoms with Crippen LogP contribution in [-0.4, -0.2) is 6.21 Å². The van der Waals surface area contributed by atoms with Crippen LogP contribution in [0.4, 0.5) is 5.88 Å². The van der Waals surface area contributed by atoms with Crippen molar-refractivity contribution in [3.8, 4) is 34.7 Å². The molecule has 0 fully saturated rings. The third kappa shape index (κ3) is 5.23. The van der Waals surface area contributed by atoms with Gasteiger partial charge in [0.05, 0.1) is 25.2 Å². The van der Waals surface area contributed by atoms with Crippen molar-refractivity contribution in [1.82, 2.24) is 0 Å². The van der Waals surface area contributed by atoms with E-state index in [0.29, 0.717) is 34.5 Å². The summed E-state index contributed by atoms with van der Waals surface area (Å²) in [5.41, 5.74) is 2.62. The normalized spacial score (nSPS) is 11.2. The zero-order valence-electron chi connectivity index (χ0n) is 18.4. The third-order valence-electron chi connectivity index (χ3n) is 5.16. The Labute approximate surface area is 238 Å². The number of halogens is 3. The number of aliphatic imine (C=N–C) groups is 1. The van der Waals surface area contributed by atoms with Gasteiger partial charge in [-0.2, -0.15) is 5.26 Å². The van der Waals surface area contributed by atoms with Crippen LogP contribution >= 0.6 is 56.8 Å². The molecule has 0 saturated heterocycles. The molecule has 0 radical (unpaired) electrons. The molecule has 0 bridgehead atoms. The first kappa shape index (κ1) is 24.7. The number of rotatable bonds is 7. The lowest BCUT2D eigenvalue weighted by molar-refractivity contribution is 0.302. The fourth-order valence-corrected chi connectivity index (χ4v) is 5.77. The highest BCUT2D eigenvalue weighted by Crippen LogP contribution is 2.43. The Morgan fingerprint density at radius 2 is 1.64 bits per heavy atom. The molecule has 3 aromatic heterocycles. The van der Waals surface area contributed by atoms with Gasteiger partial charge in [-0.25, -0.2) is 4.99 Å². The fourth-order valence-electron chi connectivity index (χ4n) is 3.51. The van der Waals surface area contributed by atoms with Gasteiger partial charge in [0.1, 0.15) is 29.7 Å². The Kier molecular flexibility index (Phi) is 7.50. The minimum absolute atomic E-state index is 0.170. The SMILES string of the molecule is N#Cc1c(N=Cc2cc(I)c(OCc3ccc(Cl)cc3)c(I)c2)oc(-c2ccco2)c1-c1ccco1. The second kappa shape index (κ2) is 10.9. The highest BCUT2D eigenvalue weighted by molar-refractivity contribution is 14.1. The molecule has 0 aliphatic rings. The highest BCUT2D eigenvalue weighted by Gasteiger charge is 2.26. The van der Waals surface area contributed by atoms with Crippen LogP contribution in [0.25, 0.3) is 22.8 Å². The maximum absolute atomic E-state index is 9.92. The average molecular weight is 721 g/mol. The maximum Gasteiger partial charge on any atom is 0.238 e.